The van der Waals surface area contributed by atoms with Crippen molar-refractivity contribution in [2.24, 2.45) is 7.05 Å². The molecule has 4 aromatic rings. The second-order valence-corrected chi connectivity index (χ2v) is 8.23. The molecule has 0 bridgehead atoms. The summed E-state index contributed by atoms with van der Waals surface area (Å²) in [6.45, 7) is 5.51. The van der Waals surface area contributed by atoms with Crippen molar-refractivity contribution in [1.29, 1.82) is 0 Å². The lowest BCUT2D eigenvalue weighted by Gasteiger charge is -2.26. The summed E-state index contributed by atoms with van der Waals surface area (Å²) in [6.07, 6.45) is 0.385. The van der Waals surface area contributed by atoms with E-state index >= 15 is 0 Å². The average Bonchev–Trinajstić information content (AvgIpc) is 3.24. The molecule has 1 aliphatic heterocycles. The number of anilines is 1. The zero-order chi connectivity index (χ0) is 22.9. The molecular formula is C24H26N6O3. The summed E-state index contributed by atoms with van der Waals surface area (Å²) in [7, 11) is 1.78. The van der Waals surface area contributed by atoms with Crippen LogP contribution in [0, 0.1) is 0 Å². The van der Waals surface area contributed by atoms with Crippen molar-refractivity contribution < 1.29 is 9.53 Å². The Morgan fingerprint density at radius 3 is 2.58 bits per heavy atom. The third-order valence-corrected chi connectivity index (χ3v) is 6.03. The van der Waals surface area contributed by atoms with E-state index in [9.17, 15) is 9.59 Å². The van der Waals surface area contributed by atoms with Crippen molar-refractivity contribution >= 4 is 33.8 Å². The van der Waals surface area contributed by atoms with E-state index in [4.69, 9.17) is 9.72 Å². The number of H-pyrrole nitrogens is 1. The van der Waals surface area contributed by atoms with Gasteiger partial charge in [0.2, 0.25) is 11.9 Å². The fraction of sp³-hybridized carbons (Fsp3) is 0.333. The van der Waals surface area contributed by atoms with Crippen LogP contribution in [-0.4, -0.2) is 56.6 Å². The number of ether oxygens (including phenoxy) is 1. The van der Waals surface area contributed by atoms with E-state index in [2.05, 4.69) is 20.2 Å². The molecule has 0 unspecified atom stereocenters. The fourth-order valence-electron chi connectivity index (χ4n) is 4.07. The maximum atomic E-state index is 13.1. The van der Waals surface area contributed by atoms with Crippen molar-refractivity contribution in [3.05, 3.63) is 52.6 Å². The first-order valence-corrected chi connectivity index (χ1v) is 11.1. The zero-order valence-corrected chi connectivity index (χ0v) is 18.7. The quantitative estimate of drug-likeness (QED) is 0.488. The van der Waals surface area contributed by atoms with Gasteiger partial charge in [-0.15, -0.1) is 0 Å². The van der Waals surface area contributed by atoms with E-state index in [-0.39, 0.29) is 11.5 Å². The Morgan fingerprint density at radius 2 is 1.82 bits per heavy atom. The first-order valence-electron chi connectivity index (χ1n) is 11.1. The second-order valence-electron chi connectivity index (χ2n) is 8.23. The predicted molar refractivity (Wildman–Crippen MR) is 127 cm³/mol. The van der Waals surface area contributed by atoms with Gasteiger partial charge in [-0.3, -0.25) is 24.4 Å². The SMILES string of the molecule is CCC(=O)Nc1nc2ccc(-c3ccc4nc(CN5CCOCC5)n(C)c(=O)c4c3)cc2[nH]1. The molecule has 0 saturated carbocycles. The number of carbonyl (C=O) groups excluding carboxylic acids is 1. The molecule has 9 nitrogen and oxygen atoms in total. The van der Waals surface area contributed by atoms with Gasteiger partial charge >= 0.3 is 0 Å². The molecule has 2 N–H and O–H groups in total. The van der Waals surface area contributed by atoms with Crippen molar-refractivity contribution in [3.8, 4) is 11.1 Å². The minimum absolute atomic E-state index is 0.0581. The van der Waals surface area contributed by atoms with Gasteiger partial charge in [0.05, 0.1) is 41.7 Å². The fourth-order valence-corrected chi connectivity index (χ4v) is 4.07. The standard InChI is InChI=1S/C24H26N6O3/c1-3-22(31)28-24-26-19-7-5-16(13-20(19)27-24)15-4-6-18-17(12-15)23(32)29(2)21(25-18)14-30-8-10-33-11-9-30/h4-7,12-13H,3,8-11,14H2,1-2H3,(H2,26,27,28,31). The van der Waals surface area contributed by atoms with Crippen LogP contribution in [0.25, 0.3) is 33.1 Å². The topological polar surface area (TPSA) is 105 Å². The Balaban J connectivity index is 1.48. The minimum atomic E-state index is -0.0971. The molecular weight excluding hydrogens is 420 g/mol. The Bertz CT molecular complexity index is 1400. The first kappa shape index (κ1) is 21.3. The van der Waals surface area contributed by atoms with Crippen LogP contribution in [0.15, 0.2) is 41.2 Å². The lowest BCUT2D eigenvalue weighted by molar-refractivity contribution is -0.115. The molecule has 1 fully saturated rings. The number of aromatic amines is 1. The van der Waals surface area contributed by atoms with Crippen LogP contribution < -0.4 is 10.9 Å². The molecule has 9 heteroatoms. The molecule has 0 atom stereocenters. The maximum absolute atomic E-state index is 13.1. The number of benzene rings is 2. The molecule has 0 radical (unpaired) electrons. The van der Waals surface area contributed by atoms with E-state index < -0.39 is 0 Å². The van der Waals surface area contributed by atoms with E-state index in [0.717, 1.165) is 41.1 Å². The predicted octanol–water partition coefficient (Wildman–Crippen LogP) is 2.66. The number of aromatic nitrogens is 4. The number of morpholine rings is 1. The monoisotopic (exact) mass is 446 g/mol. The van der Waals surface area contributed by atoms with Crippen LogP contribution in [-0.2, 0) is 23.1 Å². The number of fused-ring (bicyclic) bond motifs is 2. The van der Waals surface area contributed by atoms with Crippen molar-refractivity contribution in [1.82, 2.24) is 24.4 Å². The largest absolute Gasteiger partial charge is 0.379 e. The Labute approximate surface area is 190 Å². The van der Waals surface area contributed by atoms with Crippen LogP contribution >= 0.6 is 0 Å². The number of hydrogen-bond donors (Lipinski definition) is 2. The van der Waals surface area contributed by atoms with E-state index in [1.165, 1.54) is 0 Å². The number of carbonyl (C=O) groups is 1. The highest BCUT2D eigenvalue weighted by Gasteiger charge is 2.16. The van der Waals surface area contributed by atoms with Crippen LogP contribution in [0.3, 0.4) is 0 Å². The molecule has 0 spiro atoms. The Hall–Kier alpha value is -3.56. The third kappa shape index (κ3) is 4.24. The number of nitrogens with one attached hydrogen (secondary N) is 2. The van der Waals surface area contributed by atoms with Gasteiger partial charge in [-0.25, -0.2) is 9.97 Å². The molecule has 5 rings (SSSR count). The molecule has 1 saturated heterocycles. The highest BCUT2D eigenvalue weighted by molar-refractivity contribution is 5.92. The average molecular weight is 447 g/mol. The van der Waals surface area contributed by atoms with E-state index in [1.54, 1.807) is 18.5 Å². The van der Waals surface area contributed by atoms with Crippen molar-refractivity contribution in [2.45, 2.75) is 19.9 Å². The molecule has 2 aromatic carbocycles. The molecule has 170 valence electrons. The van der Waals surface area contributed by atoms with Crippen LogP contribution in [0.2, 0.25) is 0 Å². The summed E-state index contributed by atoms with van der Waals surface area (Å²) in [5, 5.41) is 3.33. The smallest absolute Gasteiger partial charge is 0.261 e. The van der Waals surface area contributed by atoms with E-state index in [0.29, 0.717) is 43.0 Å². The number of hydrogen-bond acceptors (Lipinski definition) is 6. The molecule has 1 aliphatic rings. The highest BCUT2D eigenvalue weighted by Crippen LogP contribution is 2.26. The molecule has 0 aliphatic carbocycles. The van der Waals surface area contributed by atoms with Gasteiger partial charge in [0.1, 0.15) is 5.82 Å². The summed E-state index contributed by atoms with van der Waals surface area (Å²) in [6, 6.07) is 11.6. The van der Waals surface area contributed by atoms with Gasteiger partial charge in [-0.05, 0) is 35.4 Å². The van der Waals surface area contributed by atoms with Gasteiger partial charge < -0.3 is 9.72 Å². The Kier molecular flexibility index (Phi) is 5.65. The molecule has 2 aromatic heterocycles. The van der Waals surface area contributed by atoms with Gasteiger partial charge in [-0.1, -0.05) is 19.1 Å². The summed E-state index contributed by atoms with van der Waals surface area (Å²) in [5.74, 6) is 1.08. The van der Waals surface area contributed by atoms with Crippen molar-refractivity contribution in [3.63, 3.8) is 0 Å². The van der Waals surface area contributed by atoms with Gasteiger partial charge in [-0.2, -0.15) is 0 Å². The molecule has 1 amide bonds. The lowest BCUT2D eigenvalue weighted by Crippen LogP contribution is -2.37. The normalized spacial score (nSPS) is 14.7. The number of amides is 1. The van der Waals surface area contributed by atoms with Gasteiger partial charge in [0.15, 0.2) is 0 Å². The second kappa shape index (κ2) is 8.76. The summed E-state index contributed by atoms with van der Waals surface area (Å²) in [5.41, 5.74) is 4.07. The number of nitrogens with zero attached hydrogens (tertiary/aromatic N) is 4. The van der Waals surface area contributed by atoms with Crippen LogP contribution in [0.4, 0.5) is 5.95 Å². The van der Waals surface area contributed by atoms with Gasteiger partial charge in [0.25, 0.3) is 5.56 Å². The molecule has 33 heavy (non-hydrogen) atoms. The minimum Gasteiger partial charge on any atom is -0.379 e. The number of rotatable bonds is 5. The summed E-state index contributed by atoms with van der Waals surface area (Å²) >= 11 is 0. The van der Waals surface area contributed by atoms with Crippen molar-refractivity contribution in [2.75, 3.05) is 31.6 Å². The zero-order valence-electron chi connectivity index (χ0n) is 18.7. The first-order chi connectivity index (χ1) is 16.0. The Morgan fingerprint density at radius 1 is 1.09 bits per heavy atom. The van der Waals surface area contributed by atoms with Crippen LogP contribution in [0.5, 0.6) is 0 Å². The van der Waals surface area contributed by atoms with E-state index in [1.807, 2.05) is 36.4 Å². The molecule has 3 heterocycles. The third-order valence-electron chi connectivity index (χ3n) is 6.03. The summed E-state index contributed by atoms with van der Waals surface area (Å²) < 4.78 is 7.05. The highest BCUT2D eigenvalue weighted by atomic mass is 16.5. The number of imidazole rings is 1. The lowest BCUT2D eigenvalue weighted by atomic mass is 10.0. The van der Waals surface area contributed by atoms with Gasteiger partial charge in [0, 0.05) is 26.6 Å². The van der Waals surface area contributed by atoms with Crippen LogP contribution in [0.1, 0.15) is 19.2 Å². The summed E-state index contributed by atoms with van der Waals surface area (Å²) in [4.78, 5) is 39.4. The maximum Gasteiger partial charge on any atom is 0.261 e.